The minimum atomic E-state index is -0.910. The lowest BCUT2D eigenvalue weighted by atomic mass is 10.1. The molecular weight excluding hydrogens is 476 g/mol. The van der Waals surface area contributed by atoms with Crippen LogP contribution >= 0.6 is 0 Å². The van der Waals surface area contributed by atoms with Crippen molar-refractivity contribution in [3.05, 3.63) is 53.8 Å². The van der Waals surface area contributed by atoms with E-state index in [2.05, 4.69) is 0 Å². The van der Waals surface area contributed by atoms with Crippen molar-refractivity contribution in [1.82, 2.24) is 4.90 Å². The van der Waals surface area contributed by atoms with E-state index >= 15 is 0 Å². The van der Waals surface area contributed by atoms with Gasteiger partial charge in [0, 0.05) is 11.6 Å². The molecule has 2 aromatic rings. The number of carbonyl (C=O) groups is 1. The molecule has 0 aliphatic carbocycles. The third-order valence-electron chi connectivity index (χ3n) is 5.98. The largest absolute Gasteiger partial charge is 0.493 e. The lowest BCUT2D eigenvalue weighted by Gasteiger charge is -2.35. The van der Waals surface area contributed by atoms with Gasteiger partial charge >= 0.3 is 6.09 Å². The maximum atomic E-state index is 13.3. The second-order valence-corrected chi connectivity index (χ2v) is 10.2. The summed E-state index contributed by atoms with van der Waals surface area (Å²) in [7, 11) is 4.68. The number of nitrogens with zero attached hydrogens (tertiary/aromatic N) is 2. The number of aliphatic imine (C=N–C) groups is 1. The van der Waals surface area contributed by atoms with Crippen molar-refractivity contribution in [1.29, 1.82) is 0 Å². The number of amides is 1. The van der Waals surface area contributed by atoms with E-state index < -0.39 is 23.5 Å². The average molecular weight is 511 g/mol. The van der Waals surface area contributed by atoms with Gasteiger partial charge in [-0.2, -0.15) is 0 Å². The SMILES string of the molecule is COc1cc(C2=Nc3ccccc3OC([C@@H]3COC(C)(C)N3C(=O)OC(C)(C)C)=C2)cc(OC)c1OC. The first-order valence-corrected chi connectivity index (χ1v) is 12.0. The number of methoxy groups -OCH3 is 3. The highest BCUT2D eigenvalue weighted by Crippen LogP contribution is 2.41. The van der Waals surface area contributed by atoms with Crippen LogP contribution in [0.15, 0.2) is 53.2 Å². The minimum absolute atomic E-state index is 0.225. The number of rotatable bonds is 5. The molecule has 1 amide bonds. The van der Waals surface area contributed by atoms with E-state index in [1.165, 1.54) is 0 Å². The Labute approximate surface area is 217 Å². The van der Waals surface area contributed by atoms with Gasteiger partial charge in [0.15, 0.2) is 17.2 Å². The minimum Gasteiger partial charge on any atom is -0.493 e. The Hall–Kier alpha value is -3.72. The third kappa shape index (κ3) is 5.36. The van der Waals surface area contributed by atoms with Gasteiger partial charge in [0.1, 0.15) is 28.8 Å². The van der Waals surface area contributed by atoms with Crippen molar-refractivity contribution in [2.24, 2.45) is 4.99 Å². The average Bonchev–Trinajstić information content (AvgIpc) is 3.03. The molecule has 0 bridgehead atoms. The Morgan fingerprint density at radius 3 is 2.30 bits per heavy atom. The number of carbonyl (C=O) groups excluding carboxylic acids is 1. The second kappa shape index (κ2) is 9.97. The molecule has 0 unspecified atom stereocenters. The van der Waals surface area contributed by atoms with E-state index in [0.29, 0.717) is 45.7 Å². The van der Waals surface area contributed by atoms with Gasteiger partial charge < -0.3 is 28.4 Å². The van der Waals surface area contributed by atoms with Gasteiger partial charge in [0.05, 0.1) is 33.6 Å². The first-order valence-electron chi connectivity index (χ1n) is 12.0. The predicted molar refractivity (Wildman–Crippen MR) is 139 cm³/mol. The fraction of sp³-hybridized carbons (Fsp3) is 0.429. The van der Waals surface area contributed by atoms with Crippen LogP contribution in [0, 0.1) is 0 Å². The molecule has 4 rings (SSSR count). The highest BCUT2D eigenvalue weighted by Gasteiger charge is 2.48. The van der Waals surface area contributed by atoms with Crippen LogP contribution < -0.4 is 18.9 Å². The van der Waals surface area contributed by atoms with E-state index in [1.54, 1.807) is 26.2 Å². The van der Waals surface area contributed by atoms with Crippen LogP contribution in [0.3, 0.4) is 0 Å². The van der Waals surface area contributed by atoms with Gasteiger partial charge in [0.2, 0.25) is 5.75 Å². The summed E-state index contributed by atoms with van der Waals surface area (Å²) in [4.78, 5) is 19.8. The van der Waals surface area contributed by atoms with Crippen molar-refractivity contribution in [2.45, 2.75) is 52.0 Å². The van der Waals surface area contributed by atoms with Crippen molar-refractivity contribution in [3.63, 3.8) is 0 Å². The molecule has 37 heavy (non-hydrogen) atoms. The summed E-state index contributed by atoms with van der Waals surface area (Å²) in [6.07, 6.45) is 1.32. The number of benzene rings is 2. The molecule has 2 aliphatic rings. The molecule has 0 spiro atoms. The number of fused-ring (bicyclic) bond motifs is 1. The molecule has 0 aromatic heterocycles. The van der Waals surface area contributed by atoms with Gasteiger partial charge in [-0.05, 0) is 58.9 Å². The first-order chi connectivity index (χ1) is 17.5. The zero-order valence-electron chi connectivity index (χ0n) is 22.6. The molecule has 2 aliphatic heterocycles. The number of para-hydroxylation sites is 2. The zero-order chi connectivity index (χ0) is 27.0. The smallest absolute Gasteiger partial charge is 0.413 e. The molecule has 1 saturated heterocycles. The van der Waals surface area contributed by atoms with Gasteiger partial charge in [-0.15, -0.1) is 0 Å². The summed E-state index contributed by atoms with van der Waals surface area (Å²) >= 11 is 0. The first kappa shape index (κ1) is 26.3. The van der Waals surface area contributed by atoms with Crippen molar-refractivity contribution in [2.75, 3.05) is 27.9 Å². The van der Waals surface area contributed by atoms with Crippen LogP contribution in [0.1, 0.15) is 40.2 Å². The summed E-state index contributed by atoms with van der Waals surface area (Å²) < 4.78 is 34.7. The van der Waals surface area contributed by atoms with Crippen molar-refractivity contribution < 1.29 is 33.2 Å². The van der Waals surface area contributed by atoms with E-state index in [4.69, 9.17) is 33.4 Å². The molecule has 1 atom stereocenters. The predicted octanol–water partition coefficient (Wildman–Crippen LogP) is 5.48. The molecule has 2 aromatic carbocycles. The summed E-state index contributed by atoms with van der Waals surface area (Å²) in [5, 5.41) is 0. The standard InChI is InChI=1S/C28H34N2O7/c1-27(2,3)37-26(31)30-20(16-35-28(30,4)5)22-15-19(29-18-11-9-10-12-21(18)36-22)17-13-23(32-6)25(34-8)24(14-17)33-7/h9-15,20H,16H2,1-8H3/t20-/m0/s1. The normalized spacial score (nSPS) is 18.6. The van der Waals surface area contributed by atoms with E-state index in [9.17, 15) is 4.79 Å². The van der Waals surface area contributed by atoms with Crippen LogP contribution in [0.4, 0.5) is 10.5 Å². The highest BCUT2D eigenvalue weighted by atomic mass is 16.6. The summed E-state index contributed by atoms with van der Waals surface area (Å²) in [5.74, 6) is 2.52. The van der Waals surface area contributed by atoms with Crippen LogP contribution in [-0.4, -0.2) is 62.0 Å². The van der Waals surface area contributed by atoms with E-state index in [0.717, 1.165) is 0 Å². The van der Waals surface area contributed by atoms with Crippen LogP contribution in [0.25, 0.3) is 0 Å². The quantitative estimate of drug-likeness (QED) is 0.526. The molecule has 0 saturated carbocycles. The number of allylic oxidation sites excluding steroid dienone is 1. The van der Waals surface area contributed by atoms with E-state index in [1.807, 2.05) is 77.1 Å². The Kier molecular flexibility index (Phi) is 7.10. The molecular formula is C28H34N2O7. The Morgan fingerprint density at radius 2 is 1.70 bits per heavy atom. The van der Waals surface area contributed by atoms with Crippen LogP contribution in [0.5, 0.6) is 23.0 Å². The molecule has 198 valence electrons. The Balaban J connectivity index is 1.85. The van der Waals surface area contributed by atoms with Gasteiger partial charge in [-0.25, -0.2) is 9.79 Å². The number of ether oxygens (including phenoxy) is 6. The Bertz CT molecular complexity index is 1220. The lowest BCUT2D eigenvalue weighted by Crippen LogP contribution is -2.50. The van der Waals surface area contributed by atoms with Gasteiger partial charge in [0.25, 0.3) is 0 Å². The Morgan fingerprint density at radius 1 is 1.05 bits per heavy atom. The van der Waals surface area contributed by atoms with Gasteiger partial charge in [-0.3, -0.25) is 4.90 Å². The molecule has 9 heteroatoms. The fourth-order valence-electron chi connectivity index (χ4n) is 4.30. The van der Waals surface area contributed by atoms with Crippen LogP contribution in [0.2, 0.25) is 0 Å². The highest BCUT2D eigenvalue weighted by molar-refractivity contribution is 6.11. The van der Waals surface area contributed by atoms with Crippen LogP contribution in [-0.2, 0) is 9.47 Å². The monoisotopic (exact) mass is 510 g/mol. The maximum absolute atomic E-state index is 13.3. The van der Waals surface area contributed by atoms with Crippen molar-refractivity contribution >= 4 is 17.5 Å². The van der Waals surface area contributed by atoms with Gasteiger partial charge in [-0.1, -0.05) is 12.1 Å². The number of hydrogen-bond acceptors (Lipinski definition) is 8. The third-order valence-corrected chi connectivity index (χ3v) is 5.98. The number of hydrogen-bond donors (Lipinski definition) is 0. The fourth-order valence-corrected chi connectivity index (χ4v) is 4.30. The molecule has 2 heterocycles. The molecule has 0 radical (unpaired) electrons. The summed E-state index contributed by atoms with van der Waals surface area (Å²) in [6.45, 7) is 9.37. The molecule has 0 N–H and O–H groups in total. The summed E-state index contributed by atoms with van der Waals surface area (Å²) in [6, 6.07) is 10.6. The summed E-state index contributed by atoms with van der Waals surface area (Å²) in [5.41, 5.74) is 0.364. The van der Waals surface area contributed by atoms with E-state index in [-0.39, 0.29) is 6.61 Å². The van der Waals surface area contributed by atoms with Crippen molar-refractivity contribution in [3.8, 4) is 23.0 Å². The second-order valence-electron chi connectivity index (χ2n) is 10.2. The topological polar surface area (TPSA) is 88.1 Å². The molecule has 9 nitrogen and oxygen atoms in total. The molecule has 1 fully saturated rings. The zero-order valence-corrected chi connectivity index (χ0v) is 22.6. The lowest BCUT2D eigenvalue weighted by molar-refractivity contribution is -0.0621. The maximum Gasteiger partial charge on any atom is 0.413 e.